The molecule has 2 atom stereocenters. The summed E-state index contributed by atoms with van der Waals surface area (Å²) < 4.78 is 74.4. The largest absolute Gasteiger partial charge is 0.416 e. The fraction of sp³-hybridized carbons (Fsp3) is 0.417. The number of rotatable bonds is 2. The molecule has 0 heterocycles. The van der Waals surface area contributed by atoms with Gasteiger partial charge in [-0.2, -0.15) is 26.3 Å². The molecule has 0 aliphatic heterocycles. The molecule has 0 bridgehead atoms. The van der Waals surface area contributed by atoms with E-state index in [1.807, 2.05) is 0 Å². The van der Waals surface area contributed by atoms with Gasteiger partial charge in [0, 0.05) is 5.92 Å². The second-order valence-electron chi connectivity index (χ2n) is 4.65. The summed E-state index contributed by atoms with van der Waals surface area (Å²) >= 11 is 11.4. The van der Waals surface area contributed by atoms with Gasteiger partial charge in [0.2, 0.25) is 0 Å². The molecule has 0 N–H and O–H groups in total. The van der Waals surface area contributed by atoms with E-state index in [4.69, 9.17) is 23.2 Å². The Morgan fingerprint density at radius 2 is 1.38 bits per heavy atom. The third-order valence-electron chi connectivity index (χ3n) is 3.22. The van der Waals surface area contributed by atoms with Crippen LogP contribution < -0.4 is 0 Å². The van der Waals surface area contributed by atoms with Gasteiger partial charge in [0.05, 0.1) is 17.0 Å². The Bertz CT molecular complexity index is 546. The van der Waals surface area contributed by atoms with Gasteiger partial charge in [0.15, 0.2) is 0 Å². The van der Waals surface area contributed by atoms with Crippen LogP contribution in [0.4, 0.5) is 26.3 Å². The molecule has 1 aromatic rings. The van der Waals surface area contributed by atoms with Crippen molar-refractivity contribution in [1.82, 2.24) is 0 Å². The van der Waals surface area contributed by atoms with E-state index in [-0.39, 0.29) is 11.6 Å². The Labute approximate surface area is 124 Å². The molecule has 0 unspecified atom stereocenters. The second kappa shape index (κ2) is 4.78. The molecular formula is C12H6Cl2F6O. The minimum atomic E-state index is -4.96. The molecule has 9 heteroatoms. The highest BCUT2D eigenvalue weighted by Gasteiger charge is 2.64. The van der Waals surface area contributed by atoms with Gasteiger partial charge >= 0.3 is 12.4 Å². The standard InChI is InChI=1S/C12H6Cl2F6O/c13-10(14)8(4-21)9(10)5-1-6(11(15,16)17)3-7(2-5)12(18,19)20/h1-4,8-9H/t8-,9-/m0/s1. The van der Waals surface area contributed by atoms with Gasteiger partial charge in [-0.05, 0) is 23.8 Å². The van der Waals surface area contributed by atoms with E-state index in [0.717, 1.165) is 0 Å². The van der Waals surface area contributed by atoms with Crippen LogP contribution in [0.3, 0.4) is 0 Å². The zero-order valence-electron chi connectivity index (χ0n) is 9.90. The third kappa shape index (κ3) is 2.99. The molecule has 1 aliphatic carbocycles. The molecule has 1 nitrogen and oxygen atoms in total. The van der Waals surface area contributed by atoms with Gasteiger partial charge in [-0.3, -0.25) is 0 Å². The minimum Gasteiger partial charge on any atom is -0.303 e. The quantitative estimate of drug-likeness (QED) is 0.425. The molecule has 0 spiro atoms. The highest BCUT2D eigenvalue weighted by molar-refractivity contribution is 6.53. The molecule has 0 aromatic heterocycles. The fourth-order valence-electron chi connectivity index (χ4n) is 2.11. The molecular weight excluding hydrogens is 345 g/mol. The van der Waals surface area contributed by atoms with E-state index in [2.05, 4.69) is 0 Å². The lowest BCUT2D eigenvalue weighted by Crippen LogP contribution is -2.12. The summed E-state index contributed by atoms with van der Waals surface area (Å²) in [6, 6.07) is 1.07. The maximum atomic E-state index is 12.7. The van der Waals surface area contributed by atoms with Crippen molar-refractivity contribution in [3.05, 3.63) is 34.9 Å². The highest BCUT2D eigenvalue weighted by Crippen LogP contribution is 2.64. The normalized spacial score (nSPS) is 24.8. The summed E-state index contributed by atoms with van der Waals surface area (Å²) in [4.78, 5) is 10.7. The molecule has 2 rings (SSSR count). The number of aldehydes is 1. The van der Waals surface area contributed by atoms with Crippen LogP contribution in [0, 0.1) is 5.92 Å². The Morgan fingerprint density at radius 3 is 1.67 bits per heavy atom. The summed E-state index contributed by atoms with van der Waals surface area (Å²) in [7, 11) is 0. The summed E-state index contributed by atoms with van der Waals surface area (Å²) in [6.45, 7) is 0. The summed E-state index contributed by atoms with van der Waals surface area (Å²) in [5, 5.41) is 0. The molecule has 21 heavy (non-hydrogen) atoms. The Kier molecular flexibility index (Phi) is 3.73. The first-order valence-corrected chi connectivity index (χ1v) is 6.27. The maximum absolute atomic E-state index is 12.7. The number of halogens is 8. The predicted molar refractivity (Wildman–Crippen MR) is 63.2 cm³/mol. The predicted octanol–water partition coefficient (Wildman–Crippen LogP) is 4.81. The molecule has 1 aromatic carbocycles. The minimum absolute atomic E-state index is 0.00589. The van der Waals surface area contributed by atoms with Crippen LogP contribution in [-0.2, 0) is 17.1 Å². The lowest BCUT2D eigenvalue weighted by molar-refractivity contribution is -0.143. The molecule has 0 amide bonds. The Hall–Kier alpha value is -0.950. The molecule has 1 fully saturated rings. The second-order valence-corrected chi connectivity index (χ2v) is 6.10. The van der Waals surface area contributed by atoms with Crippen molar-refractivity contribution >= 4 is 29.5 Å². The lowest BCUT2D eigenvalue weighted by atomic mass is 10.0. The first kappa shape index (κ1) is 16.4. The fourth-order valence-corrected chi connectivity index (χ4v) is 2.86. The van der Waals surface area contributed by atoms with E-state index in [0.29, 0.717) is 18.4 Å². The van der Waals surface area contributed by atoms with Crippen LogP contribution in [0.2, 0.25) is 0 Å². The summed E-state index contributed by atoms with van der Waals surface area (Å²) in [6.07, 6.45) is -9.59. The van der Waals surface area contributed by atoms with E-state index < -0.39 is 39.6 Å². The van der Waals surface area contributed by atoms with Crippen LogP contribution >= 0.6 is 23.2 Å². The van der Waals surface area contributed by atoms with Crippen LogP contribution in [0.1, 0.15) is 22.6 Å². The lowest BCUT2D eigenvalue weighted by Gasteiger charge is -2.14. The van der Waals surface area contributed by atoms with Crippen molar-refractivity contribution in [3.63, 3.8) is 0 Å². The first-order chi connectivity index (χ1) is 9.39. The third-order valence-corrected chi connectivity index (χ3v) is 4.20. The highest BCUT2D eigenvalue weighted by atomic mass is 35.5. The summed E-state index contributed by atoms with van der Waals surface area (Å²) in [5.74, 6) is -2.13. The van der Waals surface area contributed by atoms with Gasteiger partial charge in [0.1, 0.15) is 10.6 Å². The molecule has 0 saturated heterocycles. The van der Waals surface area contributed by atoms with Crippen LogP contribution in [-0.4, -0.2) is 10.6 Å². The van der Waals surface area contributed by atoms with E-state index >= 15 is 0 Å². The summed E-state index contributed by atoms with van der Waals surface area (Å²) in [5.41, 5.74) is -3.29. The van der Waals surface area contributed by atoms with Crippen molar-refractivity contribution in [1.29, 1.82) is 0 Å². The SMILES string of the molecule is O=C[C@H]1[C@H](c2cc(C(F)(F)F)cc(C(F)(F)F)c2)C1(Cl)Cl. The van der Waals surface area contributed by atoms with E-state index in [1.165, 1.54) is 0 Å². The van der Waals surface area contributed by atoms with Gasteiger partial charge in [-0.15, -0.1) is 23.2 Å². The van der Waals surface area contributed by atoms with E-state index in [9.17, 15) is 31.1 Å². The average Bonchev–Trinajstić information content (AvgIpc) is 2.88. The van der Waals surface area contributed by atoms with Crippen molar-refractivity contribution in [2.75, 3.05) is 0 Å². The average molecular weight is 351 g/mol. The topological polar surface area (TPSA) is 17.1 Å². The zero-order chi connectivity index (χ0) is 16.2. The monoisotopic (exact) mass is 350 g/mol. The number of carbonyl (C=O) groups excluding carboxylic acids is 1. The van der Waals surface area contributed by atoms with Gasteiger partial charge in [-0.25, -0.2) is 0 Å². The number of hydrogen-bond acceptors (Lipinski definition) is 1. The zero-order valence-corrected chi connectivity index (χ0v) is 11.4. The van der Waals surface area contributed by atoms with Crippen LogP contribution in [0.15, 0.2) is 18.2 Å². The Morgan fingerprint density at radius 1 is 0.952 bits per heavy atom. The number of hydrogen-bond donors (Lipinski definition) is 0. The first-order valence-electron chi connectivity index (χ1n) is 5.51. The molecule has 0 radical (unpaired) electrons. The van der Waals surface area contributed by atoms with Crippen LogP contribution in [0.25, 0.3) is 0 Å². The molecule has 1 aliphatic rings. The van der Waals surface area contributed by atoms with Crippen molar-refractivity contribution in [2.24, 2.45) is 5.92 Å². The number of carbonyl (C=O) groups is 1. The van der Waals surface area contributed by atoms with Gasteiger partial charge in [-0.1, -0.05) is 0 Å². The van der Waals surface area contributed by atoms with Gasteiger partial charge in [0.25, 0.3) is 0 Å². The van der Waals surface area contributed by atoms with Gasteiger partial charge < -0.3 is 4.79 Å². The molecule has 116 valence electrons. The Balaban J connectivity index is 2.55. The van der Waals surface area contributed by atoms with Crippen molar-refractivity contribution in [2.45, 2.75) is 22.6 Å². The molecule has 1 saturated carbocycles. The maximum Gasteiger partial charge on any atom is 0.416 e. The number of alkyl halides is 8. The van der Waals surface area contributed by atoms with E-state index in [1.54, 1.807) is 0 Å². The van der Waals surface area contributed by atoms with Crippen LogP contribution in [0.5, 0.6) is 0 Å². The van der Waals surface area contributed by atoms with Crippen molar-refractivity contribution in [3.8, 4) is 0 Å². The smallest absolute Gasteiger partial charge is 0.303 e. The van der Waals surface area contributed by atoms with Crippen molar-refractivity contribution < 1.29 is 31.1 Å². The number of benzene rings is 1.